The molecule has 0 radical (unpaired) electrons. The van der Waals surface area contributed by atoms with Gasteiger partial charge < -0.3 is 29.1 Å². The van der Waals surface area contributed by atoms with Crippen molar-refractivity contribution in [2.45, 2.75) is 13.5 Å². The number of fused-ring (bicyclic) bond motifs is 1. The predicted octanol–water partition coefficient (Wildman–Crippen LogP) is 3.92. The van der Waals surface area contributed by atoms with E-state index < -0.39 is 25.1 Å². The van der Waals surface area contributed by atoms with E-state index in [9.17, 15) is 9.59 Å². The highest BCUT2D eigenvalue weighted by molar-refractivity contribution is 5.99. The van der Waals surface area contributed by atoms with Gasteiger partial charge in [0.05, 0.1) is 5.71 Å². The standard InChI is InChI=1S/C26H24N2O7/c1-18(20-7-12-23-24(13-20)34-17-33-23)28-35-16-26(30)32-15-25(29)27-21-8-10-22(11-9-21)31-14-19-5-3-2-4-6-19/h2-13H,14-17H2,1H3,(H,27,29). The molecule has 9 heteroatoms. The van der Waals surface area contributed by atoms with Crippen molar-refractivity contribution < 1.29 is 33.4 Å². The van der Waals surface area contributed by atoms with E-state index in [-0.39, 0.29) is 6.79 Å². The normalized spacial score (nSPS) is 12.1. The number of nitrogens with one attached hydrogen (secondary N) is 1. The summed E-state index contributed by atoms with van der Waals surface area (Å²) in [6.45, 7) is 1.49. The van der Waals surface area contributed by atoms with Crippen LogP contribution in [0.3, 0.4) is 0 Å². The molecule has 0 atom stereocenters. The summed E-state index contributed by atoms with van der Waals surface area (Å²) in [6, 6.07) is 22.1. The number of benzene rings is 3. The first-order chi connectivity index (χ1) is 17.1. The summed E-state index contributed by atoms with van der Waals surface area (Å²) < 4.78 is 21.2. The van der Waals surface area contributed by atoms with Crippen LogP contribution in [0.4, 0.5) is 5.69 Å². The molecule has 0 spiro atoms. The second-order valence-electron chi connectivity index (χ2n) is 7.53. The molecule has 1 aliphatic rings. The highest BCUT2D eigenvalue weighted by Crippen LogP contribution is 2.32. The fourth-order valence-electron chi connectivity index (χ4n) is 3.12. The largest absolute Gasteiger partial charge is 0.489 e. The number of nitrogens with zero attached hydrogens (tertiary/aromatic N) is 1. The minimum Gasteiger partial charge on any atom is -0.489 e. The molecule has 1 aliphatic heterocycles. The monoisotopic (exact) mass is 476 g/mol. The van der Waals surface area contributed by atoms with Gasteiger partial charge >= 0.3 is 5.97 Å². The molecule has 0 saturated carbocycles. The molecule has 180 valence electrons. The first-order valence-electron chi connectivity index (χ1n) is 10.9. The molecule has 1 N–H and O–H groups in total. The van der Waals surface area contributed by atoms with Crippen molar-refractivity contribution in [3.63, 3.8) is 0 Å². The van der Waals surface area contributed by atoms with Crippen LogP contribution in [0.25, 0.3) is 0 Å². The Morgan fingerprint density at radius 3 is 2.51 bits per heavy atom. The summed E-state index contributed by atoms with van der Waals surface area (Å²) in [6.07, 6.45) is 0. The third-order valence-electron chi connectivity index (χ3n) is 4.92. The van der Waals surface area contributed by atoms with Crippen LogP contribution in [0.5, 0.6) is 17.2 Å². The Labute approximate surface area is 202 Å². The zero-order valence-corrected chi connectivity index (χ0v) is 19.1. The maximum atomic E-state index is 12.1. The summed E-state index contributed by atoms with van der Waals surface area (Å²) in [5.41, 5.74) is 2.92. The fraction of sp³-hybridized carbons (Fsp3) is 0.192. The van der Waals surface area contributed by atoms with Gasteiger partial charge in [-0.1, -0.05) is 35.5 Å². The number of esters is 1. The zero-order valence-electron chi connectivity index (χ0n) is 19.1. The van der Waals surface area contributed by atoms with Gasteiger partial charge in [0, 0.05) is 11.3 Å². The third kappa shape index (κ3) is 6.97. The molecule has 0 fully saturated rings. The maximum absolute atomic E-state index is 12.1. The minimum atomic E-state index is -0.716. The zero-order chi connectivity index (χ0) is 24.5. The highest BCUT2D eigenvalue weighted by atomic mass is 16.7. The van der Waals surface area contributed by atoms with Crippen molar-refractivity contribution in [2.75, 3.05) is 25.3 Å². The number of carbonyl (C=O) groups is 2. The Balaban J connectivity index is 1.15. The van der Waals surface area contributed by atoms with E-state index in [2.05, 4.69) is 10.5 Å². The second kappa shape index (κ2) is 11.6. The van der Waals surface area contributed by atoms with Gasteiger partial charge in [0.25, 0.3) is 5.91 Å². The summed E-state index contributed by atoms with van der Waals surface area (Å²) in [5.74, 6) is 0.767. The Hall–Kier alpha value is -4.53. The van der Waals surface area contributed by atoms with Gasteiger partial charge in [-0.15, -0.1) is 0 Å². The molecular weight excluding hydrogens is 452 g/mol. The van der Waals surface area contributed by atoms with Crippen molar-refractivity contribution in [3.8, 4) is 17.2 Å². The van der Waals surface area contributed by atoms with E-state index in [4.69, 9.17) is 23.8 Å². The van der Waals surface area contributed by atoms with Crippen molar-refractivity contribution in [1.29, 1.82) is 0 Å². The van der Waals surface area contributed by atoms with E-state index in [1.807, 2.05) is 30.3 Å². The van der Waals surface area contributed by atoms with Crippen LogP contribution in [0, 0.1) is 0 Å². The Bertz CT molecular complexity index is 1190. The highest BCUT2D eigenvalue weighted by Gasteiger charge is 2.14. The van der Waals surface area contributed by atoms with E-state index in [1.165, 1.54) is 0 Å². The number of hydrogen-bond acceptors (Lipinski definition) is 8. The fourth-order valence-corrected chi connectivity index (χ4v) is 3.12. The van der Waals surface area contributed by atoms with Crippen LogP contribution in [-0.2, 0) is 25.8 Å². The SMILES string of the molecule is CC(=NOCC(=O)OCC(=O)Nc1ccc(OCc2ccccc2)cc1)c1ccc2c(c1)OCO2. The Morgan fingerprint density at radius 1 is 0.943 bits per heavy atom. The molecule has 0 bridgehead atoms. The maximum Gasteiger partial charge on any atom is 0.347 e. The van der Waals surface area contributed by atoms with Crippen LogP contribution in [0.15, 0.2) is 78.0 Å². The van der Waals surface area contributed by atoms with E-state index in [0.717, 1.165) is 11.1 Å². The number of oxime groups is 1. The van der Waals surface area contributed by atoms with Crippen molar-refractivity contribution in [2.24, 2.45) is 5.16 Å². The molecule has 3 aromatic rings. The summed E-state index contributed by atoms with van der Waals surface area (Å²) >= 11 is 0. The number of rotatable bonds is 10. The van der Waals surface area contributed by atoms with Gasteiger partial charge in [0.15, 0.2) is 18.1 Å². The topological polar surface area (TPSA) is 105 Å². The van der Waals surface area contributed by atoms with E-state index in [1.54, 1.807) is 49.4 Å². The molecule has 1 heterocycles. The van der Waals surface area contributed by atoms with Gasteiger partial charge in [-0.05, 0) is 55.0 Å². The average molecular weight is 476 g/mol. The molecule has 0 unspecified atom stereocenters. The Morgan fingerprint density at radius 2 is 1.71 bits per heavy atom. The molecule has 35 heavy (non-hydrogen) atoms. The molecular formula is C26H24N2O7. The van der Waals surface area contributed by atoms with Crippen LogP contribution in [0.2, 0.25) is 0 Å². The van der Waals surface area contributed by atoms with Crippen LogP contribution >= 0.6 is 0 Å². The molecule has 3 aromatic carbocycles. The molecule has 9 nitrogen and oxygen atoms in total. The lowest BCUT2D eigenvalue weighted by Gasteiger charge is -2.09. The molecule has 0 aromatic heterocycles. The van der Waals surface area contributed by atoms with Crippen LogP contribution < -0.4 is 19.5 Å². The first-order valence-corrected chi connectivity index (χ1v) is 10.9. The van der Waals surface area contributed by atoms with E-state index in [0.29, 0.717) is 35.3 Å². The molecule has 1 amide bonds. The number of hydrogen-bond donors (Lipinski definition) is 1. The lowest BCUT2D eigenvalue weighted by atomic mass is 10.1. The minimum absolute atomic E-state index is 0.180. The van der Waals surface area contributed by atoms with Gasteiger partial charge in [-0.3, -0.25) is 4.79 Å². The van der Waals surface area contributed by atoms with Gasteiger partial charge in [-0.2, -0.15) is 0 Å². The quantitative estimate of drug-likeness (QED) is 0.269. The Kier molecular flexibility index (Phi) is 7.80. The van der Waals surface area contributed by atoms with Gasteiger partial charge in [0.1, 0.15) is 12.4 Å². The average Bonchev–Trinajstić information content (AvgIpc) is 3.36. The van der Waals surface area contributed by atoms with Crippen LogP contribution in [-0.4, -0.2) is 37.6 Å². The molecule has 0 aliphatic carbocycles. The van der Waals surface area contributed by atoms with Crippen molar-refractivity contribution in [1.82, 2.24) is 0 Å². The summed E-state index contributed by atoms with van der Waals surface area (Å²) in [5, 5.41) is 6.56. The number of amides is 1. The lowest BCUT2D eigenvalue weighted by molar-refractivity contribution is -0.151. The van der Waals surface area contributed by atoms with Gasteiger partial charge in [-0.25, -0.2) is 4.79 Å². The lowest BCUT2D eigenvalue weighted by Crippen LogP contribution is -2.22. The second-order valence-corrected chi connectivity index (χ2v) is 7.53. The van der Waals surface area contributed by atoms with E-state index >= 15 is 0 Å². The molecule has 4 rings (SSSR count). The summed E-state index contributed by atoms with van der Waals surface area (Å²) in [4.78, 5) is 29.0. The molecule has 0 saturated heterocycles. The predicted molar refractivity (Wildman–Crippen MR) is 128 cm³/mol. The number of anilines is 1. The smallest absolute Gasteiger partial charge is 0.347 e. The third-order valence-corrected chi connectivity index (χ3v) is 4.92. The van der Waals surface area contributed by atoms with Gasteiger partial charge in [0.2, 0.25) is 13.4 Å². The number of carbonyl (C=O) groups excluding carboxylic acids is 2. The van der Waals surface area contributed by atoms with Crippen molar-refractivity contribution in [3.05, 3.63) is 83.9 Å². The first kappa shape index (κ1) is 23.6. The number of ether oxygens (including phenoxy) is 4. The van der Waals surface area contributed by atoms with Crippen LogP contribution in [0.1, 0.15) is 18.1 Å². The summed E-state index contributed by atoms with van der Waals surface area (Å²) in [7, 11) is 0. The van der Waals surface area contributed by atoms with Crippen molar-refractivity contribution >= 4 is 23.3 Å².